The van der Waals surface area contributed by atoms with Crippen molar-refractivity contribution in [3.63, 3.8) is 0 Å². The van der Waals surface area contributed by atoms with Gasteiger partial charge in [0.2, 0.25) is 12.3 Å². The molecule has 13 nitrogen and oxygen atoms in total. The van der Waals surface area contributed by atoms with E-state index in [4.69, 9.17) is 50.4 Å². The molecule has 0 aromatic rings. The molecule has 0 amide bonds. The van der Waals surface area contributed by atoms with Crippen LogP contribution in [0.15, 0.2) is 0 Å². The molecule has 23 heavy (non-hydrogen) atoms. The Kier molecular flexibility index (Phi) is 26.4. The smallest absolute Gasteiger partial charge is 0.565 e. The molecule has 0 heterocycles. The Balaban J connectivity index is -0.0000000909. The van der Waals surface area contributed by atoms with Crippen molar-refractivity contribution in [2.24, 2.45) is 0 Å². The van der Waals surface area contributed by atoms with E-state index in [1.165, 1.54) is 0 Å². The summed E-state index contributed by atoms with van der Waals surface area (Å²) in [6, 6.07) is 0. The minimum absolute atomic E-state index is 0. The molecule has 0 aliphatic carbocycles. The van der Waals surface area contributed by atoms with Crippen LogP contribution in [0.2, 0.25) is 0 Å². The van der Waals surface area contributed by atoms with Crippen LogP contribution < -0.4 is 91.2 Å². The van der Waals surface area contributed by atoms with Crippen LogP contribution in [0, 0.1) is 0 Å². The molecule has 0 bridgehead atoms. The first-order valence-electron chi connectivity index (χ1n) is 4.43. The number of rotatable bonds is 5. The van der Waals surface area contributed by atoms with Crippen molar-refractivity contribution >= 4 is 30.2 Å². The molecule has 6 N–H and O–H groups in total. The van der Waals surface area contributed by atoms with Crippen LogP contribution in [0.5, 0.6) is 0 Å². The Morgan fingerprint density at radius 2 is 0.913 bits per heavy atom. The molecule has 0 unspecified atom stereocenters. The number of aliphatic carboxylic acids is 3. The molecular weight excluding hydrogens is 366 g/mol. The Labute approximate surface area is 192 Å². The molecule has 0 spiro atoms. The van der Waals surface area contributed by atoms with Gasteiger partial charge in [0.1, 0.15) is 0 Å². The molecule has 0 aromatic heterocycles. The summed E-state index contributed by atoms with van der Waals surface area (Å²) < 4.78 is 0. The van der Waals surface area contributed by atoms with Crippen molar-refractivity contribution in [2.45, 2.75) is 18.4 Å². The van der Waals surface area contributed by atoms with Gasteiger partial charge in [-0.2, -0.15) is 0 Å². The Morgan fingerprint density at radius 1 is 0.739 bits per heavy atom. The number of hydrogen-bond donors (Lipinski definition) is 6. The van der Waals surface area contributed by atoms with Crippen LogP contribution in [0.1, 0.15) is 12.8 Å². The predicted molar refractivity (Wildman–Crippen MR) is 53.1 cm³/mol. The molecule has 0 atom stereocenters. The van der Waals surface area contributed by atoms with E-state index in [0.29, 0.717) is 0 Å². The quantitative estimate of drug-likeness (QED) is 0.244. The molecule has 0 saturated carbocycles. The van der Waals surface area contributed by atoms with Crippen LogP contribution in [0.3, 0.4) is 0 Å². The molecule has 122 valence electrons. The van der Waals surface area contributed by atoms with Gasteiger partial charge in [0, 0.05) is 0 Å². The number of carbonyl (C=O) groups is 5. The van der Waals surface area contributed by atoms with Crippen LogP contribution in [-0.2, 0) is 14.4 Å². The van der Waals surface area contributed by atoms with Gasteiger partial charge in [0.25, 0.3) is 0 Å². The molecule has 0 rings (SSSR count). The first kappa shape index (κ1) is 34.0. The average Bonchev–Trinajstić information content (AvgIpc) is 2.11. The third-order valence-electron chi connectivity index (χ3n) is 1.29. The average molecular weight is 376 g/mol. The molecule has 0 aromatic carbocycles. The fourth-order valence-electron chi connectivity index (χ4n) is 0.714. The summed E-state index contributed by atoms with van der Waals surface area (Å²) in [7, 11) is 0. The van der Waals surface area contributed by atoms with Gasteiger partial charge in [-0.15, -0.1) is 0 Å². The summed E-state index contributed by atoms with van der Waals surface area (Å²) in [6.07, 6.45) is -6.46. The standard InChI is InChI=1S/C6H8O7.2CH2O3.K.Na/c7-3(8)1-6(13,5(11)12)2-4(9)10;2*2-1(3)4;;/h13H,1-2H2,(H,7,8)(H,9,10)(H,11,12);2*(H2,2,3,4);;/q;;;2*+1/p-2. The summed E-state index contributed by atoms with van der Waals surface area (Å²) in [4.78, 5) is 47.4. The van der Waals surface area contributed by atoms with Crippen molar-refractivity contribution in [2.75, 3.05) is 0 Å². The van der Waals surface area contributed by atoms with E-state index < -0.39 is 48.7 Å². The predicted octanol–water partition coefficient (Wildman–Crippen LogP) is -9.47. The summed E-state index contributed by atoms with van der Waals surface area (Å²) in [5.41, 5.74) is -2.74. The van der Waals surface area contributed by atoms with Gasteiger partial charge >= 0.3 is 98.8 Å². The number of carboxylic acid groups (broad SMARTS) is 7. The van der Waals surface area contributed by atoms with Gasteiger partial charge in [0.05, 0.1) is 12.8 Å². The molecule has 0 aliphatic heterocycles. The third kappa shape index (κ3) is 34.1. The van der Waals surface area contributed by atoms with Gasteiger partial charge in [-0.3, -0.25) is 9.59 Å². The number of carboxylic acids is 3. The maximum atomic E-state index is 10.3. The molecular formula is C8H10KNaO13. The van der Waals surface area contributed by atoms with Gasteiger partial charge in [-0.25, -0.2) is 4.79 Å². The van der Waals surface area contributed by atoms with Crippen molar-refractivity contribution < 1.29 is 146 Å². The van der Waals surface area contributed by atoms with Crippen LogP contribution in [0.4, 0.5) is 9.59 Å². The van der Waals surface area contributed by atoms with Crippen molar-refractivity contribution in [1.29, 1.82) is 0 Å². The SMILES string of the molecule is O=C(O)CC(O)(CC(=O)O)C(=O)O.O=C([O-])O.O=C([O-])O.[K+].[Na+]. The second kappa shape index (κ2) is 17.9. The molecule has 0 saturated heterocycles. The van der Waals surface area contributed by atoms with Crippen LogP contribution in [-0.4, -0.2) is 66.5 Å². The normalized spacial score (nSPS) is 8.22. The second-order valence-electron chi connectivity index (χ2n) is 3.01. The molecule has 15 heteroatoms. The number of hydrogen-bond acceptors (Lipinski definition) is 8. The number of aliphatic hydroxyl groups is 1. The van der Waals surface area contributed by atoms with E-state index in [1.54, 1.807) is 0 Å². The molecule has 0 fully saturated rings. The first-order valence-corrected chi connectivity index (χ1v) is 4.43. The van der Waals surface area contributed by atoms with E-state index in [2.05, 4.69) is 0 Å². The fraction of sp³-hybridized carbons (Fsp3) is 0.375. The summed E-state index contributed by atoms with van der Waals surface area (Å²) in [5, 5.41) is 64.4. The Bertz CT molecular complexity index is 373. The van der Waals surface area contributed by atoms with Gasteiger partial charge in [0.15, 0.2) is 5.60 Å². The summed E-state index contributed by atoms with van der Waals surface area (Å²) in [6.45, 7) is 0. The summed E-state index contributed by atoms with van der Waals surface area (Å²) in [5.74, 6) is -5.02. The van der Waals surface area contributed by atoms with E-state index in [1.807, 2.05) is 0 Å². The van der Waals surface area contributed by atoms with Crippen molar-refractivity contribution in [3.05, 3.63) is 0 Å². The monoisotopic (exact) mass is 376 g/mol. The van der Waals surface area contributed by atoms with Gasteiger partial charge in [-0.05, 0) is 0 Å². The molecule has 0 radical (unpaired) electrons. The zero-order valence-corrected chi connectivity index (χ0v) is 17.1. The minimum atomic E-state index is -2.74. The van der Waals surface area contributed by atoms with Crippen molar-refractivity contribution in [1.82, 2.24) is 0 Å². The van der Waals surface area contributed by atoms with Crippen LogP contribution in [0.25, 0.3) is 0 Å². The fourth-order valence-corrected chi connectivity index (χ4v) is 0.714. The maximum Gasteiger partial charge on any atom is 1.00 e. The zero-order chi connectivity index (χ0) is 17.8. The Hall–Kier alpha value is -0.454. The summed E-state index contributed by atoms with van der Waals surface area (Å²) >= 11 is 0. The van der Waals surface area contributed by atoms with Crippen LogP contribution >= 0.6 is 0 Å². The Morgan fingerprint density at radius 3 is 1.00 bits per heavy atom. The topological polar surface area (TPSA) is 253 Å². The van der Waals surface area contributed by atoms with E-state index in [0.717, 1.165) is 0 Å². The maximum absolute atomic E-state index is 10.3. The third-order valence-corrected chi connectivity index (χ3v) is 1.29. The van der Waals surface area contributed by atoms with Crippen molar-refractivity contribution in [3.8, 4) is 0 Å². The van der Waals surface area contributed by atoms with E-state index in [9.17, 15) is 14.4 Å². The minimum Gasteiger partial charge on any atom is -0.565 e. The van der Waals surface area contributed by atoms with Gasteiger partial charge in [-0.1, -0.05) is 0 Å². The largest absolute Gasteiger partial charge is 1.00 e. The van der Waals surface area contributed by atoms with Gasteiger partial charge < -0.3 is 50.4 Å². The van der Waals surface area contributed by atoms with E-state index >= 15 is 0 Å². The zero-order valence-electron chi connectivity index (χ0n) is 12.0. The molecule has 0 aliphatic rings. The van der Waals surface area contributed by atoms with E-state index in [-0.39, 0.29) is 80.9 Å². The second-order valence-corrected chi connectivity index (χ2v) is 3.01. The first-order chi connectivity index (χ1) is 9.24.